The van der Waals surface area contributed by atoms with E-state index in [4.69, 9.17) is 26.6 Å². The average Bonchev–Trinajstić information content (AvgIpc) is 2.84. The highest BCUT2D eigenvalue weighted by molar-refractivity contribution is 6.31. The lowest BCUT2D eigenvalue weighted by Crippen LogP contribution is -2.04. The molecule has 18 heavy (non-hydrogen) atoms. The van der Waals surface area contributed by atoms with Crippen molar-refractivity contribution in [3.63, 3.8) is 0 Å². The number of aromatic nitrogens is 2. The Hall–Kier alpha value is -1.59. The quantitative estimate of drug-likeness (QED) is 0.900. The van der Waals surface area contributed by atoms with Crippen molar-refractivity contribution >= 4 is 11.6 Å². The molecule has 0 saturated carbocycles. The Kier molecular flexibility index (Phi) is 4.17. The number of hydrogen-bond acceptors (Lipinski definition) is 5. The van der Waals surface area contributed by atoms with Crippen molar-refractivity contribution in [2.75, 3.05) is 0 Å². The number of aryl methyl sites for hydroxylation is 1. The van der Waals surface area contributed by atoms with Gasteiger partial charge in [0.1, 0.15) is 5.75 Å². The number of halogens is 1. The molecule has 0 unspecified atom stereocenters. The lowest BCUT2D eigenvalue weighted by Gasteiger charge is -2.09. The zero-order chi connectivity index (χ0) is 13.0. The number of rotatable bonds is 5. The predicted molar refractivity (Wildman–Crippen MR) is 67.4 cm³/mol. The Morgan fingerprint density at radius 3 is 2.94 bits per heavy atom. The van der Waals surface area contributed by atoms with Crippen molar-refractivity contribution in [3.05, 3.63) is 40.5 Å². The minimum Gasteiger partial charge on any atom is -0.485 e. The Morgan fingerprint density at radius 2 is 2.28 bits per heavy atom. The molecule has 0 amide bonds. The van der Waals surface area contributed by atoms with Crippen molar-refractivity contribution < 1.29 is 9.26 Å². The molecule has 96 valence electrons. The highest BCUT2D eigenvalue weighted by atomic mass is 35.5. The van der Waals surface area contributed by atoms with E-state index < -0.39 is 0 Å². The van der Waals surface area contributed by atoms with E-state index in [1.54, 1.807) is 6.07 Å². The summed E-state index contributed by atoms with van der Waals surface area (Å²) in [6.45, 7) is 2.50. The van der Waals surface area contributed by atoms with Gasteiger partial charge in [0, 0.05) is 23.6 Å². The minimum absolute atomic E-state index is 0.233. The lowest BCUT2D eigenvalue weighted by atomic mass is 10.2. The largest absolute Gasteiger partial charge is 0.485 e. The SMILES string of the molecule is CCc1nc(COc2cccc(Cl)c2CN)no1. The smallest absolute Gasteiger partial charge is 0.226 e. The molecular weight excluding hydrogens is 254 g/mol. The standard InChI is InChI=1S/C12H14ClN3O2/c1-2-12-15-11(16-18-12)7-17-10-5-3-4-9(13)8(10)6-14/h3-5H,2,6-7,14H2,1H3. The molecule has 0 spiro atoms. The molecule has 0 saturated heterocycles. The molecule has 0 radical (unpaired) electrons. The second-order valence-corrected chi connectivity index (χ2v) is 4.07. The molecule has 2 N–H and O–H groups in total. The van der Waals surface area contributed by atoms with Crippen LogP contribution in [0.2, 0.25) is 5.02 Å². The highest BCUT2D eigenvalue weighted by Crippen LogP contribution is 2.26. The van der Waals surface area contributed by atoms with E-state index >= 15 is 0 Å². The van der Waals surface area contributed by atoms with Crippen LogP contribution in [0.3, 0.4) is 0 Å². The summed E-state index contributed by atoms with van der Waals surface area (Å²) in [6, 6.07) is 5.40. The van der Waals surface area contributed by atoms with Crippen molar-refractivity contribution in [2.24, 2.45) is 5.73 Å². The van der Waals surface area contributed by atoms with Gasteiger partial charge in [0.2, 0.25) is 11.7 Å². The first-order valence-electron chi connectivity index (χ1n) is 5.66. The highest BCUT2D eigenvalue weighted by Gasteiger charge is 2.09. The van der Waals surface area contributed by atoms with Gasteiger partial charge in [-0.2, -0.15) is 4.98 Å². The maximum absolute atomic E-state index is 6.03. The van der Waals surface area contributed by atoms with Crippen LogP contribution in [-0.4, -0.2) is 10.1 Å². The maximum atomic E-state index is 6.03. The molecule has 0 aliphatic heterocycles. The van der Waals surface area contributed by atoms with Crippen LogP contribution in [-0.2, 0) is 19.6 Å². The van der Waals surface area contributed by atoms with Crippen LogP contribution in [0.25, 0.3) is 0 Å². The van der Waals surface area contributed by atoms with E-state index in [1.807, 2.05) is 19.1 Å². The normalized spacial score (nSPS) is 10.6. The number of benzene rings is 1. The van der Waals surface area contributed by atoms with Crippen LogP contribution in [0, 0.1) is 0 Å². The third-order valence-corrected chi connectivity index (χ3v) is 2.80. The molecule has 1 aromatic carbocycles. The minimum atomic E-state index is 0.233. The fourth-order valence-electron chi connectivity index (χ4n) is 1.51. The van der Waals surface area contributed by atoms with E-state index in [1.165, 1.54) is 0 Å². The lowest BCUT2D eigenvalue weighted by molar-refractivity contribution is 0.282. The van der Waals surface area contributed by atoms with Gasteiger partial charge < -0.3 is 15.0 Å². The fraction of sp³-hybridized carbons (Fsp3) is 0.333. The summed E-state index contributed by atoms with van der Waals surface area (Å²) in [7, 11) is 0. The van der Waals surface area contributed by atoms with Gasteiger partial charge in [-0.15, -0.1) is 0 Å². The summed E-state index contributed by atoms with van der Waals surface area (Å²) < 4.78 is 10.6. The molecule has 6 heteroatoms. The van der Waals surface area contributed by atoms with E-state index in [-0.39, 0.29) is 6.61 Å². The van der Waals surface area contributed by atoms with Crippen LogP contribution in [0.15, 0.2) is 22.7 Å². The van der Waals surface area contributed by atoms with Gasteiger partial charge in [-0.05, 0) is 12.1 Å². The topological polar surface area (TPSA) is 74.2 Å². The number of nitrogens with two attached hydrogens (primary N) is 1. The van der Waals surface area contributed by atoms with Gasteiger partial charge in [0.05, 0.1) is 0 Å². The van der Waals surface area contributed by atoms with Gasteiger partial charge in [-0.1, -0.05) is 29.7 Å². The van der Waals surface area contributed by atoms with E-state index in [2.05, 4.69) is 10.1 Å². The Bertz CT molecular complexity index is 528. The first-order valence-corrected chi connectivity index (χ1v) is 6.04. The zero-order valence-electron chi connectivity index (χ0n) is 10.0. The first-order chi connectivity index (χ1) is 8.74. The number of ether oxygens (including phenoxy) is 1. The number of nitrogens with zero attached hydrogens (tertiary/aromatic N) is 2. The summed E-state index contributed by atoms with van der Waals surface area (Å²) in [5, 5.41) is 4.40. The Balaban J connectivity index is 2.08. The van der Waals surface area contributed by atoms with Crippen LogP contribution >= 0.6 is 11.6 Å². The zero-order valence-corrected chi connectivity index (χ0v) is 10.8. The third kappa shape index (κ3) is 2.80. The van der Waals surface area contributed by atoms with Crippen molar-refractivity contribution in [1.29, 1.82) is 0 Å². The van der Waals surface area contributed by atoms with Gasteiger partial charge in [-0.3, -0.25) is 0 Å². The Morgan fingerprint density at radius 1 is 1.44 bits per heavy atom. The molecule has 0 fully saturated rings. The molecule has 0 aliphatic rings. The predicted octanol–water partition coefficient (Wildman–Crippen LogP) is 2.32. The third-order valence-electron chi connectivity index (χ3n) is 2.45. The summed E-state index contributed by atoms with van der Waals surface area (Å²) in [6.07, 6.45) is 0.707. The van der Waals surface area contributed by atoms with Gasteiger partial charge in [0.15, 0.2) is 6.61 Å². The first kappa shape index (κ1) is 12.9. The van der Waals surface area contributed by atoms with Crippen LogP contribution in [0.4, 0.5) is 0 Å². The van der Waals surface area contributed by atoms with Crippen LogP contribution < -0.4 is 10.5 Å². The Labute approximate surface area is 110 Å². The van der Waals surface area contributed by atoms with Crippen molar-refractivity contribution in [1.82, 2.24) is 10.1 Å². The molecule has 2 aromatic rings. The summed E-state index contributed by atoms with van der Waals surface area (Å²) >= 11 is 6.03. The molecule has 2 rings (SSSR count). The number of hydrogen-bond donors (Lipinski definition) is 1. The average molecular weight is 268 g/mol. The summed E-state index contributed by atoms with van der Waals surface area (Å²) in [4.78, 5) is 4.15. The molecule has 0 aliphatic carbocycles. The summed E-state index contributed by atoms with van der Waals surface area (Å²) in [5.74, 6) is 1.75. The second-order valence-electron chi connectivity index (χ2n) is 3.67. The molecule has 1 aromatic heterocycles. The van der Waals surface area contributed by atoms with Crippen molar-refractivity contribution in [3.8, 4) is 5.75 Å². The van der Waals surface area contributed by atoms with E-state index in [0.29, 0.717) is 35.5 Å². The van der Waals surface area contributed by atoms with Gasteiger partial charge in [-0.25, -0.2) is 0 Å². The molecule has 0 bridgehead atoms. The van der Waals surface area contributed by atoms with Crippen molar-refractivity contribution in [2.45, 2.75) is 26.5 Å². The van der Waals surface area contributed by atoms with Crippen LogP contribution in [0.1, 0.15) is 24.2 Å². The molecule has 5 nitrogen and oxygen atoms in total. The van der Waals surface area contributed by atoms with Gasteiger partial charge >= 0.3 is 0 Å². The maximum Gasteiger partial charge on any atom is 0.226 e. The van der Waals surface area contributed by atoms with Crippen LogP contribution in [0.5, 0.6) is 5.75 Å². The van der Waals surface area contributed by atoms with Gasteiger partial charge in [0.25, 0.3) is 0 Å². The fourth-order valence-corrected chi connectivity index (χ4v) is 1.75. The molecule has 0 atom stereocenters. The van der Waals surface area contributed by atoms with E-state index in [0.717, 1.165) is 5.56 Å². The second kappa shape index (κ2) is 5.84. The molecule has 1 heterocycles. The molecular formula is C12H14ClN3O2. The summed E-state index contributed by atoms with van der Waals surface area (Å²) in [5.41, 5.74) is 6.41. The van der Waals surface area contributed by atoms with E-state index in [9.17, 15) is 0 Å². The monoisotopic (exact) mass is 267 g/mol.